The average molecular weight is 355 g/mol. The van der Waals surface area contributed by atoms with Gasteiger partial charge in [0.25, 0.3) is 0 Å². The number of alkyl halides is 3. The molecule has 0 aliphatic rings. The molecule has 0 bridgehead atoms. The lowest BCUT2D eigenvalue weighted by molar-refractivity contribution is -0.138. The maximum Gasteiger partial charge on any atom is 0.416 e. The molecule has 4 nitrogen and oxygen atoms in total. The fourth-order valence-electron chi connectivity index (χ4n) is 2.46. The van der Waals surface area contributed by atoms with Crippen LogP contribution < -0.4 is 0 Å². The zero-order valence-corrected chi connectivity index (χ0v) is 13.8. The second kappa shape index (κ2) is 8.20. The Labute approximate surface area is 143 Å². The number of carboxylic acids is 1. The highest BCUT2D eigenvalue weighted by Gasteiger charge is 2.30. The van der Waals surface area contributed by atoms with Crippen LogP contribution in [0.25, 0.3) is 11.3 Å². The minimum atomic E-state index is -4.36. The molecule has 25 heavy (non-hydrogen) atoms. The predicted octanol–water partition coefficient (Wildman–Crippen LogP) is 4.65. The second-order valence-corrected chi connectivity index (χ2v) is 5.71. The van der Waals surface area contributed by atoms with E-state index in [2.05, 4.69) is 4.90 Å². The lowest BCUT2D eigenvalue weighted by atomic mass is 10.1. The van der Waals surface area contributed by atoms with Crippen molar-refractivity contribution in [3.63, 3.8) is 0 Å². The van der Waals surface area contributed by atoms with E-state index >= 15 is 0 Å². The summed E-state index contributed by atoms with van der Waals surface area (Å²) in [6.07, 6.45) is -3.69. The summed E-state index contributed by atoms with van der Waals surface area (Å²) in [6, 6.07) is 8.34. The highest BCUT2D eigenvalue weighted by Crippen LogP contribution is 2.31. The molecule has 0 amide bonds. The van der Waals surface area contributed by atoms with Gasteiger partial charge in [0.1, 0.15) is 11.5 Å². The van der Waals surface area contributed by atoms with Crippen LogP contribution in [0.5, 0.6) is 0 Å². The van der Waals surface area contributed by atoms with Crippen LogP contribution in [0, 0.1) is 0 Å². The minimum Gasteiger partial charge on any atom is -0.481 e. The van der Waals surface area contributed by atoms with E-state index in [1.54, 1.807) is 12.1 Å². The van der Waals surface area contributed by atoms with Crippen LogP contribution in [-0.2, 0) is 17.5 Å². The zero-order chi connectivity index (χ0) is 18.4. The Morgan fingerprint density at radius 2 is 1.84 bits per heavy atom. The van der Waals surface area contributed by atoms with Gasteiger partial charge in [-0.1, -0.05) is 19.1 Å². The maximum absolute atomic E-state index is 12.6. The third kappa shape index (κ3) is 5.63. The van der Waals surface area contributed by atoms with Gasteiger partial charge in [-0.3, -0.25) is 9.69 Å². The summed E-state index contributed by atoms with van der Waals surface area (Å²) < 4.78 is 43.5. The molecule has 0 aliphatic heterocycles. The fraction of sp³-hybridized carbons (Fsp3) is 0.389. The number of hydrogen-bond donors (Lipinski definition) is 1. The number of hydrogen-bond acceptors (Lipinski definition) is 3. The number of benzene rings is 1. The molecule has 2 rings (SSSR count). The molecule has 7 heteroatoms. The van der Waals surface area contributed by atoms with E-state index in [4.69, 9.17) is 9.52 Å². The fourth-order valence-corrected chi connectivity index (χ4v) is 2.46. The molecule has 1 aromatic heterocycles. The van der Waals surface area contributed by atoms with Crippen LogP contribution in [0.1, 0.15) is 31.1 Å². The van der Waals surface area contributed by atoms with E-state index in [0.717, 1.165) is 18.7 Å². The highest BCUT2D eigenvalue weighted by atomic mass is 19.4. The third-order valence-corrected chi connectivity index (χ3v) is 3.85. The molecule has 0 fully saturated rings. The van der Waals surface area contributed by atoms with Crippen molar-refractivity contribution in [2.45, 2.75) is 32.5 Å². The lowest BCUT2D eigenvalue weighted by Crippen LogP contribution is -2.24. The summed E-state index contributed by atoms with van der Waals surface area (Å²) in [7, 11) is 0. The van der Waals surface area contributed by atoms with Gasteiger partial charge in [0, 0.05) is 12.0 Å². The van der Waals surface area contributed by atoms with Crippen LogP contribution in [0.15, 0.2) is 40.8 Å². The van der Waals surface area contributed by atoms with Gasteiger partial charge in [0.2, 0.25) is 0 Å². The lowest BCUT2D eigenvalue weighted by Gasteiger charge is -2.18. The number of carbonyl (C=O) groups is 1. The molecule has 0 radical (unpaired) electrons. The number of carboxylic acid groups (broad SMARTS) is 1. The number of furan rings is 1. The highest BCUT2D eigenvalue weighted by molar-refractivity contribution is 5.66. The Morgan fingerprint density at radius 1 is 1.16 bits per heavy atom. The van der Waals surface area contributed by atoms with Crippen LogP contribution in [0.4, 0.5) is 13.2 Å². The first kappa shape index (κ1) is 19.1. The maximum atomic E-state index is 12.6. The Balaban J connectivity index is 2.00. The summed E-state index contributed by atoms with van der Waals surface area (Å²) in [5.74, 6) is 0.371. The van der Waals surface area contributed by atoms with E-state index in [-0.39, 0.29) is 6.42 Å². The number of nitrogens with zero attached hydrogens (tertiary/aromatic N) is 1. The Kier molecular flexibility index (Phi) is 6.25. The normalized spacial score (nSPS) is 11.9. The minimum absolute atomic E-state index is 0.117. The molecule has 2 aromatic rings. The molecule has 0 saturated heterocycles. The summed E-state index contributed by atoms with van der Waals surface area (Å²) in [5.41, 5.74) is -0.119. The average Bonchev–Trinajstić information content (AvgIpc) is 3.01. The van der Waals surface area contributed by atoms with Crippen molar-refractivity contribution < 1.29 is 27.5 Å². The van der Waals surface area contributed by atoms with Gasteiger partial charge in [-0.25, -0.2) is 0 Å². The van der Waals surface area contributed by atoms with Crippen molar-refractivity contribution >= 4 is 5.97 Å². The van der Waals surface area contributed by atoms with Crippen LogP contribution in [-0.4, -0.2) is 29.1 Å². The van der Waals surface area contributed by atoms with Gasteiger partial charge in [-0.2, -0.15) is 13.2 Å². The second-order valence-electron chi connectivity index (χ2n) is 5.71. The summed E-state index contributed by atoms with van der Waals surface area (Å²) >= 11 is 0. The summed E-state index contributed by atoms with van der Waals surface area (Å²) in [4.78, 5) is 12.6. The molecule has 1 aromatic carbocycles. The molecule has 0 atom stereocenters. The summed E-state index contributed by atoms with van der Waals surface area (Å²) in [5, 5.41) is 8.68. The standard InChI is InChI=1S/C18H20F3NO3/c1-2-22(11-3-4-17(23)24)12-15-9-10-16(25-15)13-5-7-14(8-6-13)18(19,20)21/h5-10H,2-4,11-12H2,1H3,(H,23,24). The first-order valence-corrected chi connectivity index (χ1v) is 8.00. The van der Waals surface area contributed by atoms with Crippen molar-refractivity contribution in [3.05, 3.63) is 47.7 Å². The van der Waals surface area contributed by atoms with E-state index in [0.29, 0.717) is 36.6 Å². The third-order valence-electron chi connectivity index (χ3n) is 3.85. The molecule has 0 unspecified atom stereocenters. The Bertz CT molecular complexity index is 692. The van der Waals surface area contributed by atoms with E-state index in [1.165, 1.54) is 12.1 Å². The Hall–Kier alpha value is -2.28. The van der Waals surface area contributed by atoms with Crippen LogP contribution in [0.2, 0.25) is 0 Å². The first-order valence-electron chi connectivity index (χ1n) is 8.00. The van der Waals surface area contributed by atoms with Gasteiger partial charge < -0.3 is 9.52 Å². The van der Waals surface area contributed by atoms with Crippen LogP contribution >= 0.6 is 0 Å². The quantitative estimate of drug-likeness (QED) is 0.749. The van der Waals surface area contributed by atoms with Gasteiger partial charge in [-0.05, 0) is 43.8 Å². The van der Waals surface area contributed by atoms with Crippen molar-refractivity contribution in [3.8, 4) is 11.3 Å². The number of aliphatic carboxylic acids is 1. The smallest absolute Gasteiger partial charge is 0.416 e. The molecule has 136 valence electrons. The van der Waals surface area contributed by atoms with Crippen LogP contribution in [0.3, 0.4) is 0 Å². The van der Waals surface area contributed by atoms with E-state index in [1.807, 2.05) is 6.92 Å². The molecule has 1 heterocycles. The molecule has 0 aliphatic carbocycles. The molecule has 0 spiro atoms. The molecule has 1 N–H and O–H groups in total. The molecule has 0 saturated carbocycles. The van der Waals surface area contributed by atoms with Crippen molar-refractivity contribution in [1.29, 1.82) is 0 Å². The largest absolute Gasteiger partial charge is 0.481 e. The van der Waals surface area contributed by atoms with Crippen molar-refractivity contribution in [2.75, 3.05) is 13.1 Å². The van der Waals surface area contributed by atoms with Gasteiger partial charge in [0.15, 0.2) is 0 Å². The van der Waals surface area contributed by atoms with Gasteiger partial charge in [0.05, 0.1) is 12.1 Å². The van der Waals surface area contributed by atoms with Gasteiger partial charge >= 0.3 is 12.1 Å². The molecular formula is C18H20F3NO3. The molecular weight excluding hydrogens is 335 g/mol. The monoisotopic (exact) mass is 355 g/mol. The van der Waals surface area contributed by atoms with Gasteiger partial charge in [-0.15, -0.1) is 0 Å². The number of halogens is 3. The first-order chi connectivity index (χ1) is 11.8. The topological polar surface area (TPSA) is 53.7 Å². The summed E-state index contributed by atoms with van der Waals surface area (Å²) in [6.45, 7) is 3.88. The number of rotatable bonds is 8. The van der Waals surface area contributed by atoms with E-state index < -0.39 is 17.7 Å². The zero-order valence-electron chi connectivity index (χ0n) is 13.8. The SMILES string of the molecule is CCN(CCCC(=O)O)Cc1ccc(-c2ccc(C(F)(F)F)cc2)o1. The van der Waals surface area contributed by atoms with E-state index in [9.17, 15) is 18.0 Å². The van der Waals surface area contributed by atoms with Crippen molar-refractivity contribution in [2.24, 2.45) is 0 Å². The Morgan fingerprint density at radius 3 is 2.40 bits per heavy atom. The van der Waals surface area contributed by atoms with Crippen molar-refractivity contribution in [1.82, 2.24) is 4.90 Å². The predicted molar refractivity (Wildman–Crippen MR) is 87.0 cm³/mol.